The highest BCUT2D eigenvalue weighted by Crippen LogP contribution is 2.20. The van der Waals surface area contributed by atoms with Gasteiger partial charge in [0.2, 0.25) is 5.88 Å². The van der Waals surface area contributed by atoms with E-state index in [4.69, 9.17) is 4.74 Å². The summed E-state index contributed by atoms with van der Waals surface area (Å²) in [7, 11) is 0. The zero-order chi connectivity index (χ0) is 13.1. The normalized spacial score (nSPS) is 18.5. The minimum Gasteiger partial charge on any atom is -0.472 e. The second-order valence-corrected chi connectivity index (χ2v) is 4.84. The molecule has 1 aliphatic heterocycles. The third-order valence-corrected chi connectivity index (χ3v) is 3.26. The van der Waals surface area contributed by atoms with Crippen molar-refractivity contribution in [2.75, 3.05) is 13.1 Å². The van der Waals surface area contributed by atoms with Gasteiger partial charge in [-0.2, -0.15) is 0 Å². The second-order valence-electron chi connectivity index (χ2n) is 4.84. The highest BCUT2D eigenvalue weighted by molar-refractivity contribution is 5.58. The fourth-order valence-electron chi connectivity index (χ4n) is 2.17. The van der Waals surface area contributed by atoms with E-state index in [1.165, 1.54) is 5.56 Å². The summed E-state index contributed by atoms with van der Waals surface area (Å²) >= 11 is 0. The number of nitrogens with one attached hydrogen (secondary N) is 1. The van der Waals surface area contributed by atoms with E-state index in [2.05, 4.69) is 46.5 Å². The summed E-state index contributed by atoms with van der Waals surface area (Å²) in [5.41, 5.74) is 3.15. The number of rotatable bonds is 3. The van der Waals surface area contributed by atoms with Crippen molar-refractivity contribution in [1.82, 2.24) is 15.3 Å². The van der Waals surface area contributed by atoms with E-state index in [1.807, 2.05) is 0 Å². The van der Waals surface area contributed by atoms with Crippen LogP contribution in [0, 0.1) is 6.92 Å². The van der Waals surface area contributed by atoms with Crippen LogP contribution >= 0.6 is 0 Å². The summed E-state index contributed by atoms with van der Waals surface area (Å²) in [5.74, 6) is 0.603. The van der Waals surface area contributed by atoms with E-state index in [9.17, 15) is 0 Å². The van der Waals surface area contributed by atoms with Gasteiger partial charge in [-0.25, -0.2) is 4.98 Å². The molecule has 1 fully saturated rings. The molecule has 0 amide bonds. The third kappa shape index (κ3) is 2.90. The molecule has 1 saturated heterocycles. The van der Waals surface area contributed by atoms with Gasteiger partial charge in [0.15, 0.2) is 0 Å². The summed E-state index contributed by atoms with van der Waals surface area (Å²) in [6.07, 6.45) is 4.68. The standard InChI is InChI=1S/C15H17N3O/c1-11-2-4-12(5-3-11)14-9-17-10-15(18-14)19-13-6-7-16-8-13/h2-5,9-10,13,16H,6-8H2,1H3. The molecule has 19 heavy (non-hydrogen) atoms. The molecule has 3 rings (SSSR count). The molecule has 1 aliphatic rings. The molecule has 4 heteroatoms. The van der Waals surface area contributed by atoms with Gasteiger partial charge < -0.3 is 10.1 Å². The fraction of sp³-hybridized carbons (Fsp3) is 0.333. The van der Waals surface area contributed by atoms with E-state index >= 15 is 0 Å². The number of hydrogen-bond acceptors (Lipinski definition) is 4. The van der Waals surface area contributed by atoms with Gasteiger partial charge in [-0.1, -0.05) is 29.8 Å². The highest BCUT2D eigenvalue weighted by atomic mass is 16.5. The monoisotopic (exact) mass is 255 g/mol. The molecule has 0 saturated carbocycles. The van der Waals surface area contributed by atoms with E-state index in [0.717, 1.165) is 30.8 Å². The lowest BCUT2D eigenvalue weighted by Crippen LogP contribution is -2.20. The number of aromatic nitrogens is 2. The molecule has 0 aliphatic carbocycles. The van der Waals surface area contributed by atoms with Crippen molar-refractivity contribution >= 4 is 0 Å². The largest absolute Gasteiger partial charge is 0.472 e. The van der Waals surface area contributed by atoms with Gasteiger partial charge in [-0.3, -0.25) is 4.98 Å². The van der Waals surface area contributed by atoms with Gasteiger partial charge in [0.05, 0.1) is 18.1 Å². The van der Waals surface area contributed by atoms with E-state index < -0.39 is 0 Å². The van der Waals surface area contributed by atoms with Gasteiger partial charge in [-0.05, 0) is 19.9 Å². The lowest BCUT2D eigenvalue weighted by Gasteiger charge is -2.11. The first kappa shape index (κ1) is 12.1. The molecule has 0 radical (unpaired) electrons. The van der Waals surface area contributed by atoms with Crippen LogP contribution in [-0.2, 0) is 0 Å². The predicted octanol–water partition coefficient (Wildman–Crippen LogP) is 2.19. The van der Waals surface area contributed by atoms with Crippen molar-refractivity contribution in [2.24, 2.45) is 0 Å². The van der Waals surface area contributed by atoms with Gasteiger partial charge in [0.25, 0.3) is 0 Å². The molecular formula is C15H17N3O. The van der Waals surface area contributed by atoms with E-state index in [1.54, 1.807) is 12.4 Å². The highest BCUT2D eigenvalue weighted by Gasteiger charge is 2.16. The van der Waals surface area contributed by atoms with E-state index in [0.29, 0.717) is 5.88 Å². The number of hydrogen-bond donors (Lipinski definition) is 1. The zero-order valence-electron chi connectivity index (χ0n) is 11.0. The number of nitrogens with zero attached hydrogens (tertiary/aromatic N) is 2. The minimum absolute atomic E-state index is 0.211. The van der Waals surface area contributed by atoms with Crippen LogP contribution in [0.25, 0.3) is 11.3 Å². The first-order valence-electron chi connectivity index (χ1n) is 6.58. The maximum atomic E-state index is 5.83. The van der Waals surface area contributed by atoms with Crippen LogP contribution in [0.4, 0.5) is 0 Å². The molecule has 1 aromatic heterocycles. The molecular weight excluding hydrogens is 238 g/mol. The molecule has 0 bridgehead atoms. The summed E-state index contributed by atoms with van der Waals surface area (Å²) in [6, 6.07) is 8.26. The summed E-state index contributed by atoms with van der Waals surface area (Å²) in [5, 5.41) is 3.27. The molecule has 1 N–H and O–H groups in total. The van der Waals surface area contributed by atoms with Crippen LogP contribution in [0.3, 0.4) is 0 Å². The van der Waals surface area contributed by atoms with Crippen LogP contribution in [0.5, 0.6) is 5.88 Å². The topological polar surface area (TPSA) is 47.0 Å². The lowest BCUT2D eigenvalue weighted by atomic mass is 10.1. The summed E-state index contributed by atoms with van der Waals surface area (Å²) < 4.78 is 5.83. The molecule has 1 unspecified atom stereocenters. The molecule has 1 aromatic carbocycles. The first-order valence-corrected chi connectivity index (χ1v) is 6.58. The second kappa shape index (κ2) is 5.36. The van der Waals surface area contributed by atoms with E-state index in [-0.39, 0.29) is 6.10 Å². The number of ether oxygens (including phenoxy) is 1. The van der Waals surface area contributed by atoms with Gasteiger partial charge >= 0.3 is 0 Å². The molecule has 0 spiro atoms. The Hall–Kier alpha value is -1.94. The maximum Gasteiger partial charge on any atom is 0.233 e. The summed E-state index contributed by atoms with van der Waals surface area (Å²) in [6.45, 7) is 3.97. The minimum atomic E-state index is 0.211. The van der Waals surface area contributed by atoms with Crippen LogP contribution in [0.15, 0.2) is 36.7 Å². The molecule has 98 valence electrons. The maximum absolute atomic E-state index is 5.83. The van der Waals surface area contributed by atoms with Crippen molar-refractivity contribution in [3.05, 3.63) is 42.2 Å². The molecule has 2 aromatic rings. The third-order valence-electron chi connectivity index (χ3n) is 3.26. The Morgan fingerprint density at radius 3 is 2.79 bits per heavy atom. The summed E-state index contributed by atoms with van der Waals surface area (Å²) in [4.78, 5) is 8.74. The molecule has 1 atom stereocenters. The Morgan fingerprint density at radius 1 is 1.21 bits per heavy atom. The van der Waals surface area contributed by atoms with Gasteiger partial charge in [0, 0.05) is 12.1 Å². The Bertz CT molecular complexity index is 548. The molecule has 4 nitrogen and oxygen atoms in total. The van der Waals surface area contributed by atoms with Crippen LogP contribution in [-0.4, -0.2) is 29.2 Å². The Labute approximate surface area is 112 Å². The smallest absolute Gasteiger partial charge is 0.233 e. The average molecular weight is 255 g/mol. The van der Waals surface area contributed by atoms with Crippen LogP contribution < -0.4 is 10.1 Å². The van der Waals surface area contributed by atoms with Gasteiger partial charge in [0.1, 0.15) is 6.10 Å². The SMILES string of the molecule is Cc1ccc(-c2cncc(OC3CCNC3)n2)cc1. The first-order chi connectivity index (χ1) is 9.31. The van der Waals surface area contributed by atoms with Crippen LogP contribution in [0.1, 0.15) is 12.0 Å². The fourth-order valence-corrected chi connectivity index (χ4v) is 2.17. The number of benzene rings is 1. The Balaban J connectivity index is 1.80. The Kier molecular flexibility index (Phi) is 3.42. The molecule has 2 heterocycles. The number of aryl methyl sites for hydroxylation is 1. The Morgan fingerprint density at radius 2 is 2.05 bits per heavy atom. The lowest BCUT2D eigenvalue weighted by molar-refractivity contribution is 0.213. The van der Waals surface area contributed by atoms with Crippen molar-refractivity contribution in [2.45, 2.75) is 19.4 Å². The van der Waals surface area contributed by atoms with Gasteiger partial charge in [-0.15, -0.1) is 0 Å². The quantitative estimate of drug-likeness (QED) is 0.913. The van der Waals surface area contributed by atoms with Crippen LogP contribution in [0.2, 0.25) is 0 Å². The van der Waals surface area contributed by atoms with Crippen molar-refractivity contribution in [3.63, 3.8) is 0 Å². The predicted molar refractivity (Wildman–Crippen MR) is 74.1 cm³/mol. The average Bonchev–Trinajstić information content (AvgIpc) is 2.93. The zero-order valence-corrected chi connectivity index (χ0v) is 11.0. The van der Waals surface area contributed by atoms with Crippen molar-refractivity contribution < 1.29 is 4.74 Å². The van der Waals surface area contributed by atoms with Crippen molar-refractivity contribution in [3.8, 4) is 17.1 Å². The van der Waals surface area contributed by atoms with Crippen molar-refractivity contribution in [1.29, 1.82) is 0 Å².